The molecule has 0 aliphatic rings. The van der Waals surface area contributed by atoms with Gasteiger partial charge in [0, 0.05) is 27.2 Å². The molecule has 6 nitrogen and oxygen atoms in total. The summed E-state index contributed by atoms with van der Waals surface area (Å²) in [5.74, 6) is -0.190. The first-order chi connectivity index (χ1) is 10.0. The Labute approximate surface area is 125 Å². The van der Waals surface area contributed by atoms with Crippen LogP contribution in [0.4, 0.5) is 4.79 Å². The number of urea groups is 1. The fourth-order valence-corrected chi connectivity index (χ4v) is 1.74. The van der Waals surface area contributed by atoms with Crippen molar-refractivity contribution in [3.05, 3.63) is 35.9 Å². The molecule has 0 saturated heterocycles. The lowest BCUT2D eigenvalue weighted by Crippen LogP contribution is -2.45. The number of nitrogens with zero attached hydrogens (tertiary/aromatic N) is 1. The normalized spacial score (nSPS) is 11.6. The van der Waals surface area contributed by atoms with Gasteiger partial charge in [-0.1, -0.05) is 30.3 Å². The monoisotopic (exact) mass is 292 g/mol. The molecule has 0 aliphatic heterocycles. The summed E-state index contributed by atoms with van der Waals surface area (Å²) in [6, 6.07) is 9.20. The van der Waals surface area contributed by atoms with Crippen molar-refractivity contribution < 1.29 is 9.59 Å². The van der Waals surface area contributed by atoms with E-state index in [4.69, 9.17) is 5.73 Å². The maximum Gasteiger partial charge on any atom is 0.316 e. The van der Waals surface area contributed by atoms with Crippen LogP contribution in [0.25, 0.3) is 0 Å². The molecular formula is C15H24N4O2. The van der Waals surface area contributed by atoms with E-state index in [1.165, 1.54) is 10.5 Å². The molecule has 1 rings (SSSR count). The van der Waals surface area contributed by atoms with Crippen LogP contribution in [0.1, 0.15) is 12.0 Å². The predicted octanol–water partition coefficient (Wildman–Crippen LogP) is 0.334. The third kappa shape index (κ3) is 6.76. The number of amides is 3. The highest BCUT2D eigenvalue weighted by Crippen LogP contribution is 2.03. The van der Waals surface area contributed by atoms with Gasteiger partial charge in [-0.3, -0.25) is 4.79 Å². The molecule has 0 spiro atoms. The van der Waals surface area contributed by atoms with Gasteiger partial charge in [0.1, 0.15) is 0 Å². The molecule has 0 aliphatic carbocycles. The zero-order valence-corrected chi connectivity index (χ0v) is 12.6. The Morgan fingerprint density at radius 2 is 1.76 bits per heavy atom. The van der Waals surface area contributed by atoms with Gasteiger partial charge in [-0.05, 0) is 18.4 Å². The van der Waals surface area contributed by atoms with Crippen molar-refractivity contribution in [1.82, 2.24) is 15.5 Å². The minimum absolute atomic E-state index is 0.183. The second-order valence-corrected chi connectivity index (χ2v) is 5.05. The molecule has 1 atom stereocenters. The van der Waals surface area contributed by atoms with Crippen LogP contribution >= 0.6 is 0 Å². The van der Waals surface area contributed by atoms with Gasteiger partial charge >= 0.3 is 6.03 Å². The fraction of sp³-hybridized carbons (Fsp3) is 0.467. The lowest BCUT2D eigenvalue weighted by molar-refractivity contribution is -0.122. The summed E-state index contributed by atoms with van der Waals surface area (Å²) in [6.07, 6.45) is 1.37. The van der Waals surface area contributed by atoms with Crippen molar-refractivity contribution in [2.45, 2.75) is 18.9 Å². The van der Waals surface area contributed by atoms with Crippen LogP contribution in [0.5, 0.6) is 0 Å². The standard InChI is InChI=1S/C15H24N4O2/c1-19(2)15(21)18-11-10-17-14(20)13(16)9-8-12-6-4-3-5-7-12/h3-7,13H,8-11,16H2,1-2H3,(H,17,20)(H,18,21)/t13-/m0/s1. The summed E-state index contributed by atoms with van der Waals surface area (Å²) in [5.41, 5.74) is 7.01. The van der Waals surface area contributed by atoms with Gasteiger partial charge in [0.05, 0.1) is 6.04 Å². The topological polar surface area (TPSA) is 87.5 Å². The molecule has 1 aromatic carbocycles. The minimum atomic E-state index is -0.533. The third-order valence-electron chi connectivity index (χ3n) is 3.03. The number of hydrogen-bond acceptors (Lipinski definition) is 3. The number of nitrogens with two attached hydrogens (primary N) is 1. The lowest BCUT2D eigenvalue weighted by Gasteiger charge is -2.14. The molecular weight excluding hydrogens is 268 g/mol. The highest BCUT2D eigenvalue weighted by Gasteiger charge is 2.12. The van der Waals surface area contributed by atoms with Gasteiger partial charge < -0.3 is 21.3 Å². The number of hydrogen-bond donors (Lipinski definition) is 3. The van der Waals surface area contributed by atoms with Crippen LogP contribution < -0.4 is 16.4 Å². The molecule has 4 N–H and O–H groups in total. The van der Waals surface area contributed by atoms with Crippen molar-refractivity contribution in [1.29, 1.82) is 0 Å². The SMILES string of the molecule is CN(C)C(=O)NCCNC(=O)[C@@H](N)CCc1ccccc1. The predicted molar refractivity (Wildman–Crippen MR) is 82.8 cm³/mol. The van der Waals surface area contributed by atoms with Crippen molar-refractivity contribution in [3.8, 4) is 0 Å². The van der Waals surface area contributed by atoms with Crippen molar-refractivity contribution >= 4 is 11.9 Å². The van der Waals surface area contributed by atoms with E-state index in [1.807, 2.05) is 30.3 Å². The van der Waals surface area contributed by atoms with E-state index >= 15 is 0 Å². The van der Waals surface area contributed by atoms with Gasteiger partial charge in [0.15, 0.2) is 0 Å². The average Bonchev–Trinajstić information content (AvgIpc) is 2.49. The molecule has 3 amide bonds. The van der Waals surface area contributed by atoms with Crippen LogP contribution in [-0.2, 0) is 11.2 Å². The summed E-state index contributed by atoms with van der Waals surface area (Å²) in [7, 11) is 3.32. The Morgan fingerprint density at radius 3 is 2.38 bits per heavy atom. The molecule has 1 aromatic rings. The lowest BCUT2D eigenvalue weighted by atomic mass is 10.1. The molecule has 0 radical (unpaired) electrons. The number of benzene rings is 1. The number of aryl methyl sites for hydroxylation is 1. The molecule has 0 unspecified atom stereocenters. The Kier molecular flexibility index (Phi) is 7.25. The summed E-state index contributed by atoms with van der Waals surface area (Å²) in [5, 5.41) is 5.38. The number of carbonyl (C=O) groups excluding carboxylic acids is 2. The molecule has 0 saturated carbocycles. The quantitative estimate of drug-likeness (QED) is 0.633. The molecule has 0 aromatic heterocycles. The second-order valence-electron chi connectivity index (χ2n) is 5.05. The Morgan fingerprint density at radius 1 is 1.14 bits per heavy atom. The Bertz CT molecular complexity index is 448. The second kappa shape index (κ2) is 8.97. The van der Waals surface area contributed by atoms with Gasteiger partial charge in [-0.25, -0.2) is 4.79 Å². The molecule has 0 bridgehead atoms. The fourth-order valence-electron chi connectivity index (χ4n) is 1.74. The zero-order chi connectivity index (χ0) is 15.7. The zero-order valence-electron chi connectivity index (χ0n) is 12.6. The minimum Gasteiger partial charge on any atom is -0.353 e. The summed E-state index contributed by atoms with van der Waals surface area (Å²) < 4.78 is 0. The van der Waals surface area contributed by atoms with Crippen LogP contribution in [-0.4, -0.2) is 50.1 Å². The van der Waals surface area contributed by atoms with Gasteiger partial charge in [-0.15, -0.1) is 0 Å². The van der Waals surface area contributed by atoms with Crippen LogP contribution in [0.15, 0.2) is 30.3 Å². The first-order valence-corrected chi connectivity index (χ1v) is 7.03. The molecule has 0 fully saturated rings. The van der Waals surface area contributed by atoms with E-state index in [1.54, 1.807) is 14.1 Å². The number of rotatable bonds is 7. The smallest absolute Gasteiger partial charge is 0.316 e. The van der Waals surface area contributed by atoms with E-state index in [-0.39, 0.29) is 11.9 Å². The van der Waals surface area contributed by atoms with Crippen LogP contribution in [0.3, 0.4) is 0 Å². The van der Waals surface area contributed by atoms with E-state index in [0.29, 0.717) is 19.5 Å². The van der Waals surface area contributed by atoms with Gasteiger partial charge in [0.2, 0.25) is 5.91 Å². The van der Waals surface area contributed by atoms with Crippen molar-refractivity contribution in [3.63, 3.8) is 0 Å². The van der Waals surface area contributed by atoms with Crippen LogP contribution in [0, 0.1) is 0 Å². The van der Waals surface area contributed by atoms with Crippen LogP contribution in [0.2, 0.25) is 0 Å². The molecule has 21 heavy (non-hydrogen) atoms. The van der Waals surface area contributed by atoms with Gasteiger partial charge in [0.25, 0.3) is 0 Å². The van der Waals surface area contributed by atoms with Crippen molar-refractivity contribution in [2.75, 3.05) is 27.2 Å². The molecule has 6 heteroatoms. The summed E-state index contributed by atoms with van der Waals surface area (Å²) in [4.78, 5) is 24.5. The first-order valence-electron chi connectivity index (χ1n) is 7.03. The van der Waals surface area contributed by atoms with E-state index in [2.05, 4.69) is 10.6 Å². The molecule has 0 heterocycles. The maximum atomic E-state index is 11.8. The van der Waals surface area contributed by atoms with Crippen molar-refractivity contribution in [2.24, 2.45) is 5.73 Å². The largest absolute Gasteiger partial charge is 0.353 e. The van der Waals surface area contributed by atoms with Gasteiger partial charge in [-0.2, -0.15) is 0 Å². The third-order valence-corrected chi connectivity index (χ3v) is 3.03. The number of carbonyl (C=O) groups is 2. The maximum absolute atomic E-state index is 11.8. The van der Waals surface area contributed by atoms with E-state index in [0.717, 1.165) is 6.42 Å². The number of nitrogens with one attached hydrogen (secondary N) is 2. The Balaban J connectivity index is 2.18. The van der Waals surface area contributed by atoms with E-state index < -0.39 is 6.04 Å². The Hall–Kier alpha value is -2.08. The summed E-state index contributed by atoms with van der Waals surface area (Å²) >= 11 is 0. The molecule has 116 valence electrons. The van der Waals surface area contributed by atoms with E-state index in [9.17, 15) is 9.59 Å². The highest BCUT2D eigenvalue weighted by atomic mass is 16.2. The first kappa shape index (κ1) is 17.0. The average molecular weight is 292 g/mol. The summed E-state index contributed by atoms with van der Waals surface area (Å²) in [6.45, 7) is 0.756. The highest BCUT2D eigenvalue weighted by molar-refractivity contribution is 5.81.